The normalized spacial score (nSPS) is 17.1. The average Bonchev–Trinajstić information content (AvgIpc) is 2.47. The second-order valence-corrected chi connectivity index (χ2v) is 5.80. The Morgan fingerprint density at radius 3 is 2.76 bits per heavy atom. The monoisotopic (exact) mass is 401 g/mol. The zero-order valence-electron chi connectivity index (χ0n) is 10.7. The molecular formula is C15H10F2INO2. The summed E-state index contributed by atoms with van der Waals surface area (Å²) in [7, 11) is 0. The summed E-state index contributed by atoms with van der Waals surface area (Å²) < 4.78 is 33.0. The standard InChI is InChI=1S/C15H10F2INO2/c16-15(17)14-8-10(12-3-1-2-6-19(12)20)11-7-9(18)4-5-13(11)21-14/h1-8,14-15H. The van der Waals surface area contributed by atoms with Crippen LogP contribution in [0.15, 0.2) is 48.7 Å². The minimum absolute atomic E-state index is 0.328. The van der Waals surface area contributed by atoms with E-state index in [1.165, 1.54) is 12.3 Å². The quantitative estimate of drug-likeness (QED) is 0.440. The van der Waals surface area contributed by atoms with E-state index in [-0.39, 0.29) is 0 Å². The van der Waals surface area contributed by atoms with Crippen molar-refractivity contribution in [1.82, 2.24) is 0 Å². The number of alkyl halides is 2. The van der Waals surface area contributed by atoms with E-state index in [1.807, 2.05) is 6.07 Å². The van der Waals surface area contributed by atoms with E-state index < -0.39 is 12.5 Å². The first-order valence-corrected chi connectivity index (χ1v) is 7.29. The van der Waals surface area contributed by atoms with Gasteiger partial charge in [0.1, 0.15) is 5.75 Å². The molecule has 0 saturated heterocycles. The third-order valence-electron chi connectivity index (χ3n) is 3.17. The van der Waals surface area contributed by atoms with E-state index in [4.69, 9.17) is 4.74 Å². The Bertz CT molecular complexity index is 719. The molecule has 0 bridgehead atoms. The van der Waals surface area contributed by atoms with Crippen LogP contribution in [0.4, 0.5) is 8.78 Å². The van der Waals surface area contributed by atoms with Crippen LogP contribution in [0.25, 0.3) is 5.57 Å². The molecular weight excluding hydrogens is 391 g/mol. The molecule has 0 N–H and O–H groups in total. The summed E-state index contributed by atoms with van der Waals surface area (Å²) in [5.74, 6) is 0.363. The van der Waals surface area contributed by atoms with Crippen molar-refractivity contribution in [3.8, 4) is 5.75 Å². The van der Waals surface area contributed by atoms with Crippen LogP contribution >= 0.6 is 22.6 Å². The van der Waals surface area contributed by atoms with Gasteiger partial charge < -0.3 is 9.94 Å². The number of benzene rings is 1. The molecule has 6 heteroatoms. The van der Waals surface area contributed by atoms with Crippen LogP contribution in [0.2, 0.25) is 0 Å². The number of fused-ring (bicyclic) bond motifs is 1. The van der Waals surface area contributed by atoms with Crippen molar-refractivity contribution in [1.29, 1.82) is 0 Å². The summed E-state index contributed by atoms with van der Waals surface area (Å²) >= 11 is 2.13. The number of halogens is 3. The average molecular weight is 401 g/mol. The van der Waals surface area contributed by atoms with Gasteiger partial charge in [-0.25, -0.2) is 8.78 Å². The second-order valence-electron chi connectivity index (χ2n) is 4.55. The molecule has 1 aliphatic heterocycles. The minimum Gasteiger partial charge on any atom is -0.618 e. The Balaban J connectivity index is 2.20. The lowest BCUT2D eigenvalue weighted by Crippen LogP contribution is -2.33. The summed E-state index contributed by atoms with van der Waals surface area (Å²) in [6, 6.07) is 10.1. The number of pyridine rings is 1. The molecule has 1 atom stereocenters. The molecule has 1 aromatic heterocycles. The van der Waals surface area contributed by atoms with Gasteiger partial charge in [0.05, 0.1) is 5.57 Å². The third-order valence-corrected chi connectivity index (χ3v) is 3.85. The summed E-state index contributed by atoms with van der Waals surface area (Å²) in [6.07, 6.45) is -1.35. The van der Waals surface area contributed by atoms with Crippen LogP contribution < -0.4 is 9.47 Å². The fraction of sp³-hybridized carbons (Fsp3) is 0.133. The fourth-order valence-corrected chi connectivity index (χ4v) is 2.73. The van der Waals surface area contributed by atoms with E-state index in [0.717, 1.165) is 3.57 Å². The highest BCUT2D eigenvalue weighted by molar-refractivity contribution is 14.1. The van der Waals surface area contributed by atoms with Crippen LogP contribution in [-0.2, 0) is 0 Å². The van der Waals surface area contributed by atoms with Gasteiger partial charge in [-0.3, -0.25) is 0 Å². The third kappa shape index (κ3) is 2.72. The topological polar surface area (TPSA) is 36.2 Å². The molecule has 0 saturated carbocycles. The predicted octanol–water partition coefficient (Wildman–Crippen LogP) is 3.38. The Morgan fingerprint density at radius 2 is 2.05 bits per heavy atom. The van der Waals surface area contributed by atoms with E-state index in [2.05, 4.69) is 22.6 Å². The largest absolute Gasteiger partial charge is 0.618 e. The Hall–Kier alpha value is -1.70. The van der Waals surface area contributed by atoms with Crippen molar-refractivity contribution in [2.75, 3.05) is 0 Å². The van der Waals surface area contributed by atoms with Gasteiger partial charge in [0.2, 0.25) is 5.69 Å². The number of ether oxygens (including phenoxy) is 1. The summed E-state index contributed by atoms with van der Waals surface area (Å²) in [5, 5.41) is 11.9. The van der Waals surface area contributed by atoms with Crippen molar-refractivity contribution < 1.29 is 18.2 Å². The molecule has 108 valence electrons. The summed E-state index contributed by atoms with van der Waals surface area (Å²) in [5.41, 5.74) is 1.44. The van der Waals surface area contributed by atoms with Crippen LogP contribution in [-0.4, -0.2) is 12.5 Å². The first kappa shape index (κ1) is 14.2. The van der Waals surface area contributed by atoms with Crippen LogP contribution in [0.5, 0.6) is 5.75 Å². The number of rotatable bonds is 2. The molecule has 1 aliphatic rings. The molecule has 3 nitrogen and oxygen atoms in total. The van der Waals surface area contributed by atoms with Crippen LogP contribution in [0, 0.1) is 8.78 Å². The maximum absolute atomic E-state index is 13.0. The van der Waals surface area contributed by atoms with E-state index >= 15 is 0 Å². The molecule has 0 fully saturated rings. The van der Waals surface area contributed by atoms with Crippen LogP contribution in [0.3, 0.4) is 0 Å². The number of hydrogen-bond donors (Lipinski definition) is 0. The second kappa shape index (κ2) is 5.59. The molecule has 0 aliphatic carbocycles. The van der Waals surface area contributed by atoms with Crippen molar-refractivity contribution >= 4 is 28.2 Å². The maximum atomic E-state index is 13.0. The molecule has 1 aromatic carbocycles. The lowest BCUT2D eigenvalue weighted by atomic mass is 9.97. The van der Waals surface area contributed by atoms with Gasteiger partial charge in [0.15, 0.2) is 12.3 Å². The smallest absolute Gasteiger partial charge is 0.278 e. The maximum Gasteiger partial charge on any atom is 0.278 e. The number of nitrogens with zero attached hydrogens (tertiary/aromatic N) is 1. The molecule has 2 aromatic rings. The Kier molecular flexibility index (Phi) is 3.79. The molecule has 21 heavy (non-hydrogen) atoms. The van der Waals surface area contributed by atoms with Crippen molar-refractivity contribution in [2.45, 2.75) is 12.5 Å². The van der Waals surface area contributed by atoms with Gasteiger partial charge in [0.25, 0.3) is 6.43 Å². The first-order chi connectivity index (χ1) is 10.1. The van der Waals surface area contributed by atoms with Gasteiger partial charge in [-0.1, -0.05) is 0 Å². The number of aromatic nitrogens is 1. The zero-order valence-corrected chi connectivity index (χ0v) is 12.8. The van der Waals surface area contributed by atoms with Gasteiger partial charge in [-0.15, -0.1) is 0 Å². The van der Waals surface area contributed by atoms with Crippen molar-refractivity contribution in [3.63, 3.8) is 0 Å². The van der Waals surface area contributed by atoms with Gasteiger partial charge >= 0.3 is 0 Å². The Morgan fingerprint density at radius 1 is 1.24 bits per heavy atom. The lowest BCUT2D eigenvalue weighted by Gasteiger charge is -2.24. The van der Waals surface area contributed by atoms with Crippen LogP contribution in [0.1, 0.15) is 11.3 Å². The van der Waals surface area contributed by atoms with Gasteiger partial charge in [-0.2, -0.15) is 4.73 Å². The highest BCUT2D eigenvalue weighted by Crippen LogP contribution is 2.37. The minimum atomic E-state index is -2.66. The number of hydrogen-bond acceptors (Lipinski definition) is 2. The molecule has 0 spiro atoms. The molecule has 0 radical (unpaired) electrons. The van der Waals surface area contributed by atoms with Gasteiger partial charge in [-0.05, 0) is 52.9 Å². The summed E-state index contributed by atoms with van der Waals surface area (Å²) in [4.78, 5) is 0. The van der Waals surface area contributed by atoms with E-state index in [1.54, 1.807) is 30.3 Å². The highest BCUT2D eigenvalue weighted by atomic mass is 127. The van der Waals surface area contributed by atoms with Gasteiger partial charge in [0, 0.05) is 21.3 Å². The fourth-order valence-electron chi connectivity index (χ4n) is 2.23. The first-order valence-electron chi connectivity index (χ1n) is 6.21. The summed E-state index contributed by atoms with van der Waals surface area (Å²) in [6.45, 7) is 0. The zero-order chi connectivity index (χ0) is 15.0. The molecule has 3 rings (SSSR count). The van der Waals surface area contributed by atoms with E-state index in [9.17, 15) is 14.0 Å². The SMILES string of the molecule is [O-][n+]1ccccc1C1=CC(C(F)F)Oc2ccc(I)cc21. The van der Waals surface area contributed by atoms with E-state index in [0.29, 0.717) is 27.3 Å². The molecule has 1 unspecified atom stereocenters. The lowest BCUT2D eigenvalue weighted by molar-refractivity contribution is -0.608. The predicted molar refractivity (Wildman–Crippen MR) is 82.1 cm³/mol. The molecule has 0 amide bonds. The van der Waals surface area contributed by atoms with Crippen molar-refractivity contribution in [3.05, 3.63) is 68.7 Å². The molecule has 2 heterocycles. The van der Waals surface area contributed by atoms with Crippen molar-refractivity contribution in [2.24, 2.45) is 0 Å². The Labute approximate surface area is 133 Å². The highest BCUT2D eigenvalue weighted by Gasteiger charge is 2.30.